The van der Waals surface area contributed by atoms with E-state index in [1.54, 1.807) is 0 Å². The van der Waals surface area contributed by atoms with Crippen LogP contribution in [0.1, 0.15) is 33.4 Å². The van der Waals surface area contributed by atoms with E-state index in [4.69, 9.17) is 9.97 Å². The lowest BCUT2D eigenvalue weighted by molar-refractivity contribution is 0.768. The molecule has 1 aliphatic carbocycles. The van der Waals surface area contributed by atoms with E-state index in [9.17, 15) is 0 Å². The third-order valence-electron chi connectivity index (χ3n) is 12.5. The minimum absolute atomic E-state index is 0.546. The van der Waals surface area contributed by atoms with Crippen molar-refractivity contribution in [3.8, 4) is 67.3 Å². The minimum atomic E-state index is -1.43. The molecule has 0 atom stereocenters. The third-order valence-corrected chi connectivity index (χ3v) is 14.6. The van der Waals surface area contributed by atoms with Crippen LogP contribution in [-0.2, 0) is 5.41 Å². The molecule has 0 fully saturated rings. The summed E-state index contributed by atoms with van der Waals surface area (Å²) in [5.41, 5.74) is 19.3. The maximum Gasteiger partial charge on any atom is 0.160 e. The zero-order valence-corrected chi connectivity index (χ0v) is 36.4. The fourth-order valence-electron chi connectivity index (χ4n) is 9.17. The van der Waals surface area contributed by atoms with Crippen molar-refractivity contribution in [1.82, 2.24) is 9.97 Å². The minimum Gasteiger partial charge on any atom is -0.228 e. The predicted octanol–water partition coefficient (Wildman–Crippen LogP) is 14.3. The summed E-state index contributed by atoms with van der Waals surface area (Å²) in [6.07, 6.45) is 0. The van der Waals surface area contributed by atoms with Crippen molar-refractivity contribution in [2.24, 2.45) is 0 Å². The molecule has 0 bridgehead atoms. The average Bonchev–Trinajstić information content (AvgIpc) is 3.59. The van der Waals surface area contributed by atoms with E-state index in [0.717, 1.165) is 33.6 Å². The lowest BCUT2D eigenvalue weighted by Gasteiger charge is -2.34. The van der Waals surface area contributed by atoms with Crippen LogP contribution in [0.25, 0.3) is 67.3 Å². The molecule has 1 heterocycles. The number of nitrogens with zero attached hydrogens (tertiary/aromatic N) is 2. The number of fused-ring (bicyclic) bond motifs is 3. The summed E-state index contributed by atoms with van der Waals surface area (Å²) in [5.74, 6) is 0.713. The summed E-state index contributed by atoms with van der Waals surface area (Å²) in [4.78, 5) is 10.2. The smallest absolute Gasteiger partial charge is 0.160 e. The van der Waals surface area contributed by atoms with E-state index in [2.05, 4.69) is 209 Å². The highest BCUT2D eigenvalue weighted by atomic mass is 28.3. The molecule has 0 radical (unpaired) electrons. The predicted molar refractivity (Wildman–Crippen MR) is 259 cm³/mol. The normalized spacial score (nSPS) is 12.8. The monoisotopic (exact) mass is 800 g/mol. The van der Waals surface area contributed by atoms with Crippen molar-refractivity contribution in [3.05, 3.63) is 234 Å². The van der Waals surface area contributed by atoms with Gasteiger partial charge in [0.15, 0.2) is 5.82 Å². The molecular formula is C58H48N2Si. The van der Waals surface area contributed by atoms with Gasteiger partial charge in [0, 0.05) is 16.7 Å². The number of rotatable bonds is 8. The fraction of sp³-hybridized carbons (Fsp3) is 0.103. The van der Waals surface area contributed by atoms with Gasteiger partial charge in [-0.05, 0) is 93.7 Å². The van der Waals surface area contributed by atoms with Crippen molar-refractivity contribution in [2.45, 2.75) is 38.9 Å². The Bertz CT molecular complexity index is 2930. The number of benzene rings is 8. The quantitative estimate of drug-likeness (QED) is 0.143. The Hall–Kier alpha value is -6.94. The van der Waals surface area contributed by atoms with Crippen LogP contribution in [-0.4, -0.2) is 18.0 Å². The van der Waals surface area contributed by atoms with Crippen molar-refractivity contribution >= 4 is 13.3 Å². The lowest BCUT2D eigenvalue weighted by Crippen LogP contribution is -2.37. The third kappa shape index (κ3) is 6.95. The van der Waals surface area contributed by atoms with Gasteiger partial charge in [-0.25, -0.2) is 9.97 Å². The molecule has 0 amide bonds. The Labute approximate surface area is 361 Å². The van der Waals surface area contributed by atoms with Crippen LogP contribution in [0.5, 0.6) is 0 Å². The SMILES string of the molecule is Cc1ccc(C2(c3ccc(C)cc3)c3cc(-c4ccc([Si](C)(C)C)cc4)ccc3-c3ccc(-c4cccc(-c5cc(-c6ccccc6)nc(-c6ccccc6)n5)c4)cc32)cc1. The zero-order valence-electron chi connectivity index (χ0n) is 35.4. The van der Waals surface area contributed by atoms with Crippen LogP contribution in [0.2, 0.25) is 19.6 Å². The summed E-state index contributed by atoms with van der Waals surface area (Å²) >= 11 is 0. The lowest BCUT2D eigenvalue weighted by atomic mass is 9.67. The number of aromatic nitrogens is 2. The molecule has 0 saturated heterocycles. The van der Waals surface area contributed by atoms with E-state index >= 15 is 0 Å². The second-order valence-corrected chi connectivity index (χ2v) is 22.7. The molecule has 0 N–H and O–H groups in total. The first kappa shape index (κ1) is 38.3. The van der Waals surface area contributed by atoms with Crippen LogP contribution in [0.3, 0.4) is 0 Å². The Balaban J connectivity index is 1.16. The van der Waals surface area contributed by atoms with Gasteiger partial charge in [-0.1, -0.05) is 212 Å². The van der Waals surface area contributed by atoms with Crippen LogP contribution in [0.4, 0.5) is 0 Å². The maximum absolute atomic E-state index is 5.18. The average molecular weight is 801 g/mol. The van der Waals surface area contributed by atoms with Gasteiger partial charge in [0.2, 0.25) is 0 Å². The molecule has 0 aliphatic heterocycles. The summed E-state index contributed by atoms with van der Waals surface area (Å²) in [7, 11) is -1.43. The molecule has 0 saturated carbocycles. The summed E-state index contributed by atoms with van der Waals surface area (Å²) in [6.45, 7) is 11.6. The molecule has 1 aromatic heterocycles. The molecular weight excluding hydrogens is 753 g/mol. The summed E-state index contributed by atoms with van der Waals surface area (Å²) in [6, 6.07) is 73.7. The topological polar surface area (TPSA) is 25.8 Å². The van der Waals surface area contributed by atoms with Gasteiger partial charge in [-0.15, -0.1) is 0 Å². The summed E-state index contributed by atoms with van der Waals surface area (Å²) in [5, 5.41) is 1.48. The molecule has 8 aromatic carbocycles. The Kier molecular flexibility index (Phi) is 9.58. The molecule has 0 unspecified atom stereocenters. The fourth-order valence-corrected chi connectivity index (χ4v) is 10.3. The molecule has 3 heteroatoms. The first-order chi connectivity index (χ1) is 29.6. The Morgan fingerprint density at radius 2 is 0.803 bits per heavy atom. The Morgan fingerprint density at radius 1 is 0.361 bits per heavy atom. The highest BCUT2D eigenvalue weighted by Crippen LogP contribution is 2.57. The van der Waals surface area contributed by atoms with Gasteiger partial charge in [0.05, 0.1) is 24.9 Å². The van der Waals surface area contributed by atoms with E-state index in [1.807, 2.05) is 24.3 Å². The van der Waals surface area contributed by atoms with E-state index in [0.29, 0.717) is 5.82 Å². The van der Waals surface area contributed by atoms with E-state index in [1.165, 1.54) is 66.4 Å². The van der Waals surface area contributed by atoms with Crippen LogP contribution < -0.4 is 5.19 Å². The molecule has 61 heavy (non-hydrogen) atoms. The molecule has 10 rings (SSSR count). The van der Waals surface area contributed by atoms with Crippen LogP contribution in [0.15, 0.2) is 200 Å². The van der Waals surface area contributed by atoms with Gasteiger partial charge in [0.25, 0.3) is 0 Å². The van der Waals surface area contributed by atoms with Crippen molar-refractivity contribution < 1.29 is 0 Å². The number of hydrogen-bond donors (Lipinski definition) is 0. The maximum atomic E-state index is 5.18. The standard InChI is InChI=1S/C58H48N2Si/c1-39-19-27-48(28-20-39)58(49-29-21-40(2)22-30-49)53-36-45(41-23-31-50(32-24-41)61(3,4)5)25-33-51(53)52-34-26-46(37-54(52)58)44-17-12-18-47(35-44)56-38-55(42-13-8-6-9-14-42)59-57(60-56)43-15-10-7-11-16-43/h6-38H,1-5H3. The summed E-state index contributed by atoms with van der Waals surface area (Å²) < 4.78 is 0. The molecule has 1 aliphatic rings. The van der Waals surface area contributed by atoms with Crippen molar-refractivity contribution in [1.29, 1.82) is 0 Å². The molecule has 9 aromatic rings. The van der Waals surface area contributed by atoms with Crippen molar-refractivity contribution in [2.75, 3.05) is 0 Å². The van der Waals surface area contributed by atoms with Crippen LogP contribution >= 0.6 is 0 Å². The number of hydrogen-bond acceptors (Lipinski definition) is 2. The first-order valence-electron chi connectivity index (χ1n) is 21.3. The molecule has 0 spiro atoms. The van der Waals surface area contributed by atoms with E-state index < -0.39 is 13.5 Å². The largest absolute Gasteiger partial charge is 0.228 e. The number of aryl methyl sites for hydroxylation is 2. The second-order valence-electron chi connectivity index (χ2n) is 17.6. The van der Waals surface area contributed by atoms with Gasteiger partial charge < -0.3 is 0 Å². The zero-order chi connectivity index (χ0) is 41.7. The van der Waals surface area contributed by atoms with Crippen molar-refractivity contribution in [3.63, 3.8) is 0 Å². The highest BCUT2D eigenvalue weighted by molar-refractivity contribution is 6.88. The second kappa shape index (κ2) is 15.3. The van der Waals surface area contributed by atoms with Gasteiger partial charge >= 0.3 is 0 Å². The highest BCUT2D eigenvalue weighted by Gasteiger charge is 2.46. The van der Waals surface area contributed by atoms with Gasteiger partial charge in [-0.3, -0.25) is 0 Å². The van der Waals surface area contributed by atoms with Crippen LogP contribution in [0, 0.1) is 13.8 Å². The van der Waals surface area contributed by atoms with Gasteiger partial charge in [-0.2, -0.15) is 0 Å². The van der Waals surface area contributed by atoms with Gasteiger partial charge in [0.1, 0.15) is 0 Å². The van der Waals surface area contributed by atoms with E-state index in [-0.39, 0.29) is 0 Å². The molecule has 294 valence electrons. The first-order valence-corrected chi connectivity index (χ1v) is 24.8. The Morgan fingerprint density at radius 3 is 1.34 bits per heavy atom. The molecule has 2 nitrogen and oxygen atoms in total.